The highest BCUT2D eigenvalue weighted by atomic mass is 32.2. The predicted molar refractivity (Wildman–Crippen MR) is 64.0 cm³/mol. The van der Waals surface area contributed by atoms with E-state index in [1.165, 1.54) is 0 Å². The van der Waals surface area contributed by atoms with Gasteiger partial charge in [-0.05, 0) is 23.6 Å². The Balaban J connectivity index is 2.47. The maximum atomic E-state index is 13.7. The van der Waals surface area contributed by atoms with E-state index < -0.39 is 0 Å². The molecule has 0 spiro atoms. The third-order valence-electron chi connectivity index (χ3n) is 2.43. The van der Waals surface area contributed by atoms with Gasteiger partial charge in [0.1, 0.15) is 5.82 Å². The summed E-state index contributed by atoms with van der Waals surface area (Å²) in [5.41, 5.74) is 2.73. The average molecular weight is 223 g/mol. The van der Waals surface area contributed by atoms with Crippen molar-refractivity contribution in [2.75, 3.05) is 11.1 Å². The second-order valence-corrected chi connectivity index (χ2v) is 5.06. The third-order valence-corrected chi connectivity index (χ3v) is 3.58. The molecule has 1 nitrogen and oxygen atoms in total. The minimum Gasteiger partial charge on any atom is -0.358 e. The molecule has 1 aromatic carbocycles. The van der Waals surface area contributed by atoms with Crippen molar-refractivity contribution in [2.45, 2.75) is 24.7 Å². The monoisotopic (exact) mass is 223 g/mol. The predicted octanol–water partition coefficient (Wildman–Crippen LogP) is 3.98. The Hall–Kier alpha value is -0.960. The normalized spacial score (nSPS) is 15.1. The molecule has 1 aliphatic heterocycles. The first-order valence-corrected chi connectivity index (χ1v) is 5.97. The summed E-state index contributed by atoms with van der Waals surface area (Å²) in [6.45, 7) is 7.88. The van der Waals surface area contributed by atoms with E-state index in [2.05, 4.69) is 11.9 Å². The number of rotatable bonds is 1. The van der Waals surface area contributed by atoms with E-state index in [9.17, 15) is 4.39 Å². The Bertz CT molecular complexity index is 412. The summed E-state index contributed by atoms with van der Waals surface area (Å²) in [6.07, 6.45) is 0. The van der Waals surface area contributed by atoms with E-state index in [-0.39, 0.29) is 11.7 Å². The Morgan fingerprint density at radius 1 is 1.47 bits per heavy atom. The molecular formula is C12H14FNS. The van der Waals surface area contributed by atoms with Crippen LogP contribution < -0.4 is 5.32 Å². The largest absolute Gasteiger partial charge is 0.358 e. The van der Waals surface area contributed by atoms with Crippen molar-refractivity contribution < 1.29 is 4.39 Å². The molecule has 1 heterocycles. The molecule has 0 unspecified atom stereocenters. The molecular weight excluding hydrogens is 209 g/mol. The van der Waals surface area contributed by atoms with Gasteiger partial charge in [-0.3, -0.25) is 0 Å². The first-order chi connectivity index (χ1) is 7.08. The molecule has 0 amide bonds. The summed E-state index contributed by atoms with van der Waals surface area (Å²) in [7, 11) is 0. The van der Waals surface area contributed by atoms with Crippen LogP contribution in [0.25, 0.3) is 0 Å². The second-order valence-electron chi connectivity index (χ2n) is 4.04. The van der Waals surface area contributed by atoms with Gasteiger partial charge in [0.15, 0.2) is 0 Å². The number of hydrogen-bond acceptors (Lipinski definition) is 2. The SMILES string of the molecule is C=C1CSc2cc(F)c(C(C)C)cc2N1. The summed E-state index contributed by atoms with van der Waals surface area (Å²) in [5.74, 6) is 0.913. The van der Waals surface area contributed by atoms with Crippen LogP contribution in [0.1, 0.15) is 25.3 Å². The van der Waals surface area contributed by atoms with Crippen molar-refractivity contribution in [1.82, 2.24) is 0 Å². The Morgan fingerprint density at radius 3 is 2.87 bits per heavy atom. The molecule has 1 aromatic rings. The molecule has 15 heavy (non-hydrogen) atoms. The van der Waals surface area contributed by atoms with Crippen LogP contribution in [-0.2, 0) is 0 Å². The van der Waals surface area contributed by atoms with Crippen LogP contribution in [0, 0.1) is 5.82 Å². The van der Waals surface area contributed by atoms with Gasteiger partial charge in [-0.25, -0.2) is 4.39 Å². The van der Waals surface area contributed by atoms with E-state index in [0.29, 0.717) is 0 Å². The minimum absolute atomic E-state index is 0.106. The fourth-order valence-electron chi connectivity index (χ4n) is 1.62. The van der Waals surface area contributed by atoms with Crippen LogP contribution >= 0.6 is 11.8 Å². The van der Waals surface area contributed by atoms with Crippen molar-refractivity contribution in [3.8, 4) is 0 Å². The third kappa shape index (κ3) is 2.02. The van der Waals surface area contributed by atoms with Crippen LogP contribution in [-0.4, -0.2) is 5.75 Å². The number of thioether (sulfide) groups is 1. The smallest absolute Gasteiger partial charge is 0.127 e. The molecule has 0 radical (unpaired) electrons. The molecule has 0 fully saturated rings. The molecule has 2 rings (SSSR count). The minimum atomic E-state index is -0.106. The van der Waals surface area contributed by atoms with Crippen molar-refractivity contribution in [1.29, 1.82) is 0 Å². The summed E-state index contributed by atoms with van der Waals surface area (Å²) in [4.78, 5) is 0.976. The number of benzene rings is 1. The maximum absolute atomic E-state index is 13.7. The zero-order valence-electron chi connectivity index (χ0n) is 8.93. The Morgan fingerprint density at radius 2 is 2.20 bits per heavy atom. The van der Waals surface area contributed by atoms with Gasteiger partial charge in [-0.1, -0.05) is 20.4 Å². The Labute approximate surface area is 93.8 Å². The molecule has 80 valence electrons. The van der Waals surface area contributed by atoms with E-state index in [4.69, 9.17) is 0 Å². The van der Waals surface area contributed by atoms with Gasteiger partial charge in [0.2, 0.25) is 0 Å². The molecule has 1 aliphatic rings. The second kappa shape index (κ2) is 3.89. The van der Waals surface area contributed by atoms with Crippen LogP contribution in [0.3, 0.4) is 0 Å². The lowest BCUT2D eigenvalue weighted by molar-refractivity contribution is 0.595. The molecule has 0 atom stereocenters. The standard InChI is InChI=1S/C12H14FNS/c1-7(2)9-4-11-12(5-10(9)13)15-6-8(3)14-11/h4-5,7,14H,3,6H2,1-2H3. The summed E-state index contributed by atoms with van der Waals surface area (Å²) in [5, 5.41) is 3.20. The quantitative estimate of drug-likeness (QED) is 0.772. The lowest BCUT2D eigenvalue weighted by atomic mass is 10.0. The van der Waals surface area contributed by atoms with Crippen molar-refractivity contribution in [2.24, 2.45) is 0 Å². The zero-order valence-corrected chi connectivity index (χ0v) is 9.75. The van der Waals surface area contributed by atoms with Crippen LogP contribution in [0.15, 0.2) is 29.3 Å². The van der Waals surface area contributed by atoms with Crippen LogP contribution in [0.5, 0.6) is 0 Å². The molecule has 0 saturated heterocycles. The van der Waals surface area contributed by atoms with Gasteiger partial charge in [-0.15, -0.1) is 11.8 Å². The number of fused-ring (bicyclic) bond motifs is 1. The number of nitrogens with one attached hydrogen (secondary N) is 1. The fourth-order valence-corrected chi connectivity index (χ4v) is 2.48. The molecule has 1 N–H and O–H groups in total. The first-order valence-electron chi connectivity index (χ1n) is 4.99. The van der Waals surface area contributed by atoms with Crippen LogP contribution in [0.2, 0.25) is 0 Å². The lowest BCUT2D eigenvalue weighted by Crippen LogP contribution is -2.08. The lowest BCUT2D eigenvalue weighted by Gasteiger charge is -2.21. The fraction of sp³-hybridized carbons (Fsp3) is 0.333. The maximum Gasteiger partial charge on any atom is 0.127 e. The van der Waals surface area contributed by atoms with Crippen molar-refractivity contribution >= 4 is 17.4 Å². The topological polar surface area (TPSA) is 12.0 Å². The molecule has 0 aromatic heterocycles. The van der Waals surface area contributed by atoms with E-state index in [1.807, 2.05) is 19.9 Å². The number of anilines is 1. The zero-order chi connectivity index (χ0) is 11.0. The van der Waals surface area contributed by atoms with E-state index in [0.717, 1.165) is 27.6 Å². The van der Waals surface area contributed by atoms with Gasteiger partial charge in [-0.2, -0.15) is 0 Å². The Kier molecular flexibility index (Phi) is 2.74. The highest BCUT2D eigenvalue weighted by Crippen LogP contribution is 2.37. The molecule has 0 saturated carbocycles. The molecule has 3 heteroatoms. The van der Waals surface area contributed by atoms with Crippen LogP contribution in [0.4, 0.5) is 10.1 Å². The number of halogens is 1. The van der Waals surface area contributed by atoms with Gasteiger partial charge in [0.05, 0.1) is 5.69 Å². The highest BCUT2D eigenvalue weighted by Gasteiger charge is 2.16. The molecule has 0 aliphatic carbocycles. The summed E-state index contributed by atoms with van der Waals surface area (Å²) >= 11 is 1.63. The molecule has 0 bridgehead atoms. The van der Waals surface area contributed by atoms with Gasteiger partial charge >= 0.3 is 0 Å². The van der Waals surface area contributed by atoms with Crippen molar-refractivity contribution in [3.63, 3.8) is 0 Å². The van der Waals surface area contributed by atoms with Gasteiger partial charge in [0, 0.05) is 16.3 Å². The number of hydrogen-bond donors (Lipinski definition) is 1. The average Bonchev–Trinajstić information content (AvgIpc) is 2.17. The van der Waals surface area contributed by atoms with Gasteiger partial charge in [0.25, 0.3) is 0 Å². The summed E-state index contributed by atoms with van der Waals surface area (Å²) in [6, 6.07) is 3.52. The van der Waals surface area contributed by atoms with Gasteiger partial charge < -0.3 is 5.32 Å². The van der Waals surface area contributed by atoms with E-state index >= 15 is 0 Å². The summed E-state index contributed by atoms with van der Waals surface area (Å²) < 4.78 is 13.7. The highest BCUT2D eigenvalue weighted by molar-refractivity contribution is 7.99. The first kappa shape index (κ1) is 10.6. The van der Waals surface area contributed by atoms with Crippen molar-refractivity contribution in [3.05, 3.63) is 35.8 Å². The van der Waals surface area contributed by atoms with E-state index in [1.54, 1.807) is 17.8 Å².